The lowest BCUT2D eigenvalue weighted by molar-refractivity contribution is 0.401. The Morgan fingerprint density at radius 3 is 2.47 bits per heavy atom. The van der Waals surface area contributed by atoms with Crippen molar-refractivity contribution in [3.8, 4) is 5.75 Å². The summed E-state index contributed by atoms with van der Waals surface area (Å²) in [5, 5.41) is 0. The van der Waals surface area contributed by atoms with Gasteiger partial charge >= 0.3 is 0 Å². The second-order valence-corrected chi connectivity index (χ2v) is 4.50. The van der Waals surface area contributed by atoms with Crippen LogP contribution >= 0.6 is 0 Å². The molecule has 1 rings (SSSR count). The molecule has 4 heteroatoms. The Labute approximate surface area is 104 Å². The molecule has 96 valence electrons. The molecule has 0 saturated heterocycles. The minimum atomic E-state index is 0.679. The summed E-state index contributed by atoms with van der Waals surface area (Å²) < 4.78 is 5.22. The minimum absolute atomic E-state index is 0.679. The molecular weight excluding hydrogens is 214 g/mol. The number of hydrogen-bond acceptors (Lipinski definition) is 4. The van der Waals surface area contributed by atoms with E-state index in [0.29, 0.717) is 5.69 Å². The summed E-state index contributed by atoms with van der Waals surface area (Å²) in [6.45, 7) is 2.11. The van der Waals surface area contributed by atoms with E-state index in [2.05, 4.69) is 30.9 Å². The Hall–Kier alpha value is -1.42. The molecule has 0 fully saturated rings. The van der Waals surface area contributed by atoms with Gasteiger partial charge in [-0.3, -0.25) is 0 Å². The number of nitrogens with two attached hydrogens (primary N) is 1. The summed E-state index contributed by atoms with van der Waals surface area (Å²) in [7, 11) is 7.90. The summed E-state index contributed by atoms with van der Waals surface area (Å²) in [6, 6.07) is 5.88. The van der Waals surface area contributed by atoms with Gasteiger partial charge in [-0.15, -0.1) is 0 Å². The topological polar surface area (TPSA) is 41.7 Å². The predicted octanol–water partition coefficient (Wildman–Crippen LogP) is 1.67. The third-order valence-electron chi connectivity index (χ3n) is 2.76. The van der Waals surface area contributed by atoms with Crippen LogP contribution in [0.2, 0.25) is 0 Å². The molecule has 0 unspecified atom stereocenters. The van der Waals surface area contributed by atoms with Gasteiger partial charge in [0.1, 0.15) is 5.75 Å². The van der Waals surface area contributed by atoms with E-state index in [1.807, 2.05) is 18.2 Å². The normalized spacial score (nSPS) is 10.6. The molecule has 0 amide bonds. The number of rotatable bonds is 6. The summed E-state index contributed by atoms with van der Waals surface area (Å²) in [5.74, 6) is 0.738. The van der Waals surface area contributed by atoms with Gasteiger partial charge in [0, 0.05) is 25.3 Å². The summed E-state index contributed by atoms with van der Waals surface area (Å²) >= 11 is 0. The van der Waals surface area contributed by atoms with Crippen LogP contribution < -0.4 is 15.4 Å². The molecule has 4 nitrogen and oxygen atoms in total. The average Bonchev–Trinajstić information content (AvgIpc) is 2.29. The quantitative estimate of drug-likeness (QED) is 0.764. The van der Waals surface area contributed by atoms with Crippen LogP contribution in [0.3, 0.4) is 0 Å². The van der Waals surface area contributed by atoms with Crippen molar-refractivity contribution in [2.75, 3.05) is 52.0 Å². The SMILES string of the molecule is COc1cc(N(C)CCCN(C)C)ccc1N. The van der Waals surface area contributed by atoms with Crippen LogP contribution in [0.25, 0.3) is 0 Å². The van der Waals surface area contributed by atoms with Crippen molar-refractivity contribution in [3.63, 3.8) is 0 Å². The highest BCUT2D eigenvalue weighted by Gasteiger charge is 2.05. The van der Waals surface area contributed by atoms with Gasteiger partial charge in [0.05, 0.1) is 12.8 Å². The molecule has 1 aromatic rings. The van der Waals surface area contributed by atoms with Crippen molar-refractivity contribution in [2.45, 2.75) is 6.42 Å². The highest BCUT2D eigenvalue weighted by molar-refractivity contribution is 5.62. The van der Waals surface area contributed by atoms with Crippen LogP contribution in [0.4, 0.5) is 11.4 Å². The van der Waals surface area contributed by atoms with Gasteiger partial charge in [0.15, 0.2) is 0 Å². The van der Waals surface area contributed by atoms with E-state index < -0.39 is 0 Å². The third kappa shape index (κ3) is 4.15. The van der Waals surface area contributed by atoms with Crippen molar-refractivity contribution >= 4 is 11.4 Å². The van der Waals surface area contributed by atoms with Crippen LogP contribution in [0.15, 0.2) is 18.2 Å². The molecule has 0 aromatic heterocycles. The van der Waals surface area contributed by atoms with Crippen molar-refractivity contribution in [1.29, 1.82) is 0 Å². The number of hydrogen-bond donors (Lipinski definition) is 1. The van der Waals surface area contributed by atoms with E-state index in [-0.39, 0.29) is 0 Å². The van der Waals surface area contributed by atoms with Crippen molar-refractivity contribution in [3.05, 3.63) is 18.2 Å². The lowest BCUT2D eigenvalue weighted by atomic mass is 10.2. The molecule has 0 saturated carbocycles. The van der Waals surface area contributed by atoms with Crippen molar-refractivity contribution in [2.24, 2.45) is 0 Å². The molecule has 0 radical (unpaired) electrons. The summed E-state index contributed by atoms with van der Waals surface area (Å²) in [6.07, 6.45) is 1.14. The summed E-state index contributed by atoms with van der Waals surface area (Å²) in [4.78, 5) is 4.41. The van der Waals surface area contributed by atoms with E-state index >= 15 is 0 Å². The zero-order chi connectivity index (χ0) is 12.8. The number of anilines is 2. The highest BCUT2D eigenvalue weighted by atomic mass is 16.5. The fourth-order valence-electron chi connectivity index (χ4n) is 1.69. The van der Waals surface area contributed by atoms with Gasteiger partial charge in [-0.05, 0) is 39.2 Å². The van der Waals surface area contributed by atoms with Crippen LogP contribution in [-0.2, 0) is 0 Å². The third-order valence-corrected chi connectivity index (χ3v) is 2.76. The van der Waals surface area contributed by atoms with Gasteiger partial charge in [-0.2, -0.15) is 0 Å². The molecule has 0 aliphatic heterocycles. The summed E-state index contributed by atoms with van der Waals surface area (Å²) in [5.41, 5.74) is 7.60. The monoisotopic (exact) mass is 237 g/mol. The second kappa shape index (κ2) is 6.35. The number of ether oxygens (including phenoxy) is 1. The maximum atomic E-state index is 5.79. The first kappa shape index (κ1) is 13.6. The molecule has 0 aliphatic carbocycles. The Kier molecular flexibility index (Phi) is 5.10. The molecule has 17 heavy (non-hydrogen) atoms. The lowest BCUT2D eigenvalue weighted by Gasteiger charge is -2.21. The first-order valence-electron chi connectivity index (χ1n) is 5.84. The van der Waals surface area contributed by atoms with Gasteiger partial charge < -0.3 is 20.3 Å². The highest BCUT2D eigenvalue weighted by Crippen LogP contribution is 2.26. The van der Waals surface area contributed by atoms with Gasteiger partial charge in [0.25, 0.3) is 0 Å². The van der Waals surface area contributed by atoms with E-state index in [1.54, 1.807) is 7.11 Å². The van der Waals surface area contributed by atoms with E-state index in [0.717, 1.165) is 30.9 Å². The van der Waals surface area contributed by atoms with Crippen LogP contribution in [0.5, 0.6) is 5.75 Å². The van der Waals surface area contributed by atoms with Crippen molar-refractivity contribution in [1.82, 2.24) is 4.90 Å². The Balaban J connectivity index is 2.59. The number of nitrogens with zero attached hydrogens (tertiary/aromatic N) is 2. The molecule has 1 aromatic carbocycles. The fourth-order valence-corrected chi connectivity index (χ4v) is 1.69. The molecule has 0 heterocycles. The van der Waals surface area contributed by atoms with Gasteiger partial charge in [-0.1, -0.05) is 0 Å². The molecule has 0 atom stereocenters. The maximum Gasteiger partial charge on any atom is 0.143 e. The number of methoxy groups -OCH3 is 1. The lowest BCUT2D eigenvalue weighted by Crippen LogP contribution is -2.23. The molecule has 0 spiro atoms. The Morgan fingerprint density at radius 2 is 1.88 bits per heavy atom. The Morgan fingerprint density at radius 1 is 1.18 bits per heavy atom. The van der Waals surface area contributed by atoms with E-state index in [1.165, 1.54) is 0 Å². The average molecular weight is 237 g/mol. The first-order valence-corrected chi connectivity index (χ1v) is 5.84. The van der Waals surface area contributed by atoms with Crippen LogP contribution in [0, 0.1) is 0 Å². The van der Waals surface area contributed by atoms with Crippen LogP contribution in [0.1, 0.15) is 6.42 Å². The molecule has 2 N–H and O–H groups in total. The largest absolute Gasteiger partial charge is 0.495 e. The van der Waals surface area contributed by atoms with E-state index in [4.69, 9.17) is 10.5 Å². The smallest absolute Gasteiger partial charge is 0.143 e. The van der Waals surface area contributed by atoms with Gasteiger partial charge in [0.2, 0.25) is 0 Å². The first-order chi connectivity index (χ1) is 8.04. The molecule has 0 aliphatic rings. The van der Waals surface area contributed by atoms with Crippen molar-refractivity contribution < 1.29 is 4.74 Å². The molecular formula is C13H23N3O. The fraction of sp³-hybridized carbons (Fsp3) is 0.538. The maximum absolute atomic E-state index is 5.79. The second-order valence-electron chi connectivity index (χ2n) is 4.50. The van der Waals surface area contributed by atoms with Gasteiger partial charge in [-0.25, -0.2) is 0 Å². The predicted molar refractivity (Wildman–Crippen MR) is 73.8 cm³/mol. The number of nitrogen functional groups attached to an aromatic ring is 1. The number of benzene rings is 1. The van der Waals surface area contributed by atoms with E-state index in [9.17, 15) is 0 Å². The zero-order valence-corrected chi connectivity index (χ0v) is 11.2. The Bertz CT molecular complexity index is 353. The van der Waals surface area contributed by atoms with Crippen LogP contribution in [-0.4, -0.2) is 46.2 Å². The molecule has 0 bridgehead atoms. The standard InChI is InChI=1S/C13H23N3O/c1-15(2)8-5-9-16(3)11-6-7-12(14)13(10-11)17-4/h6-7,10H,5,8-9,14H2,1-4H3. The zero-order valence-electron chi connectivity index (χ0n) is 11.2. The minimum Gasteiger partial charge on any atom is -0.495 e.